The van der Waals surface area contributed by atoms with Crippen LogP contribution in [-0.4, -0.2) is 64.0 Å². The maximum Gasteiger partial charge on any atom is 0.355 e. The number of esters is 1. The molecule has 0 saturated carbocycles. The lowest BCUT2D eigenvalue weighted by molar-refractivity contribution is -0.142. The predicted molar refractivity (Wildman–Crippen MR) is 102 cm³/mol. The molecule has 1 aromatic heterocycles. The minimum absolute atomic E-state index is 0.174. The summed E-state index contributed by atoms with van der Waals surface area (Å²) in [5.74, 6) is -1.63. The summed E-state index contributed by atoms with van der Waals surface area (Å²) in [5.41, 5.74) is 6.91. The molecule has 0 fully saturated rings. The minimum atomic E-state index is -1.23. The van der Waals surface area contributed by atoms with E-state index in [0.717, 1.165) is 16.9 Å². The van der Waals surface area contributed by atoms with Gasteiger partial charge in [-0.1, -0.05) is 5.16 Å². The number of nitrogens with one attached hydrogen (secondary N) is 2. The van der Waals surface area contributed by atoms with Gasteiger partial charge in [-0.05, 0) is 6.92 Å². The number of nitrogens with two attached hydrogens (primary N) is 1. The molecule has 11 nitrogen and oxygen atoms in total. The van der Waals surface area contributed by atoms with Crippen LogP contribution in [0.3, 0.4) is 0 Å². The van der Waals surface area contributed by atoms with E-state index in [2.05, 4.69) is 25.6 Å². The Kier molecular flexibility index (Phi) is 6.04. The van der Waals surface area contributed by atoms with Gasteiger partial charge in [0.15, 0.2) is 10.8 Å². The highest BCUT2D eigenvalue weighted by Crippen LogP contribution is 2.30. The second-order valence-corrected chi connectivity index (χ2v) is 7.86. The summed E-state index contributed by atoms with van der Waals surface area (Å²) in [6.45, 7) is 1.29. The average molecular weight is 427 g/mol. The van der Waals surface area contributed by atoms with Crippen LogP contribution < -0.4 is 16.4 Å². The van der Waals surface area contributed by atoms with Crippen LogP contribution in [0.1, 0.15) is 12.6 Å². The first kappa shape index (κ1) is 19.9. The van der Waals surface area contributed by atoms with Gasteiger partial charge in [-0.3, -0.25) is 4.79 Å². The Labute approximate surface area is 167 Å². The van der Waals surface area contributed by atoms with Gasteiger partial charge >= 0.3 is 11.9 Å². The van der Waals surface area contributed by atoms with Crippen molar-refractivity contribution in [1.82, 2.24) is 15.6 Å². The fourth-order valence-electron chi connectivity index (χ4n) is 2.49. The molecule has 3 heterocycles. The molecule has 3 rings (SSSR count). The molecular formula is C15H17N5O6S2. The Morgan fingerprint density at radius 2 is 2.36 bits per heavy atom. The number of thioether (sulfide) groups is 1. The standard InChI is InChI=1S/C15H17N5O6S2/c1-6-7-4-27-9(19-11(7)14(24)26-6)2-17-13(23)12(20-25-3-10(21)22)8-5-28-15(16)18-8/h5-6,9,19H,2-4H2,1H3,(H2,16,18)(H,17,23)(H,21,22)/b20-12-/t6-,9+/m0/s1. The number of ether oxygens (including phenoxy) is 1. The van der Waals surface area contributed by atoms with Crippen molar-refractivity contribution in [2.45, 2.75) is 18.4 Å². The van der Waals surface area contributed by atoms with Crippen molar-refractivity contribution in [1.29, 1.82) is 0 Å². The van der Waals surface area contributed by atoms with E-state index in [1.807, 2.05) is 6.92 Å². The molecule has 0 aliphatic carbocycles. The average Bonchev–Trinajstić information content (AvgIpc) is 3.19. The monoisotopic (exact) mass is 427 g/mol. The van der Waals surface area contributed by atoms with Crippen molar-refractivity contribution in [2.75, 3.05) is 24.6 Å². The van der Waals surface area contributed by atoms with Gasteiger partial charge in [-0.15, -0.1) is 23.1 Å². The van der Waals surface area contributed by atoms with E-state index in [-0.39, 0.29) is 34.6 Å². The zero-order valence-electron chi connectivity index (χ0n) is 14.6. The van der Waals surface area contributed by atoms with Gasteiger partial charge in [0.05, 0.1) is 5.37 Å². The molecule has 1 aromatic rings. The molecule has 0 unspecified atom stereocenters. The second-order valence-electron chi connectivity index (χ2n) is 5.78. The maximum atomic E-state index is 12.5. The van der Waals surface area contributed by atoms with Crippen molar-refractivity contribution in [3.05, 3.63) is 22.3 Å². The molecule has 0 saturated heterocycles. The zero-order valence-corrected chi connectivity index (χ0v) is 16.3. The molecule has 0 aromatic carbocycles. The Morgan fingerprint density at radius 3 is 3.04 bits per heavy atom. The fraction of sp³-hybridized carbons (Fsp3) is 0.400. The molecule has 13 heteroatoms. The number of amides is 1. The lowest BCUT2D eigenvalue weighted by Gasteiger charge is -2.24. The first-order chi connectivity index (χ1) is 13.3. The number of carbonyl (C=O) groups is 3. The summed E-state index contributed by atoms with van der Waals surface area (Å²) in [6, 6.07) is 0. The van der Waals surface area contributed by atoms with E-state index < -0.39 is 24.5 Å². The SMILES string of the molecule is C[C@@H]1OC(=O)C2=C1CS[C@H](CNC(=O)/C(=N\OCC(=O)O)c1csc(N)n1)N2. The van der Waals surface area contributed by atoms with Crippen LogP contribution in [0.25, 0.3) is 0 Å². The molecule has 1 amide bonds. The number of hydrogen-bond acceptors (Lipinski definition) is 11. The number of nitrogen functional groups attached to an aromatic ring is 1. The zero-order chi connectivity index (χ0) is 20.3. The van der Waals surface area contributed by atoms with Gasteiger partial charge in [0.25, 0.3) is 5.91 Å². The van der Waals surface area contributed by atoms with E-state index in [1.165, 1.54) is 17.1 Å². The maximum absolute atomic E-state index is 12.5. The molecule has 150 valence electrons. The van der Waals surface area contributed by atoms with Crippen LogP contribution in [0.4, 0.5) is 5.13 Å². The first-order valence-electron chi connectivity index (χ1n) is 8.08. The molecule has 2 aliphatic rings. The molecule has 0 spiro atoms. The molecule has 2 atom stereocenters. The number of rotatable bonds is 7. The fourth-order valence-corrected chi connectivity index (χ4v) is 4.20. The largest absolute Gasteiger partial charge is 0.479 e. The van der Waals surface area contributed by atoms with E-state index in [9.17, 15) is 14.4 Å². The van der Waals surface area contributed by atoms with Gasteiger partial charge in [0.1, 0.15) is 17.5 Å². The van der Waals surface area contributed by atoms with Crippen molar-refractivity contribution in [3.8, 4) is 0 Å². The van der Waals surface area contributed by atoms with E-state index in [4.69, 9.17) is 15.6 Å². The number of anilines is 1. The van der Waals surface area contributed by atoms with Crippen molar-refractivity contribution >= 4 is 51.8 Å². The molecule has 28 heavy (non-hydrogen) atoms. The highest BCUT2D eigenvalue weighted by atomic mass is 32.2. The van der Waals surface area contributed by atoms with Crippen molar-refractivity contribution in [3.63, 3.8) is 0 Å². The lowest BCUT2D eigenvalue weighted by Crippen LogP contribution is -2.44. The van der Waals surface area contributed by atoms with E-state index in [0.29, 0.717) is 11.4 Å². The third-order valence-electron chi connectivity index (χ3n) is 3.82. The van der Waals surface area contributed by atoms with Crippen molar-refractivity contribution < 1.29 is 29.1 Å². The molecular weight excluding hydrogens is 410 g/mol. The Morgan fingerprint density at radius 1 is 1.57 bits per heavy atom. The number of carboxylic acid groups (broad SMARTS) is 1. The number of hydrogen-bond donors (Lipinski definition) is 4. The summed E-state index contributed by atoms with van der Waals surface area (Å²) in [6.07, 6.45) is -0.252. The Hall–Kier alpha value is -2.80. The number of aromatic nitrogens is 1. The third-order valence-corrected chi connectivity index (χ3v) is 5.66. The van der Waals surface area contributed by atoms with E-state index >= 15 is 0 Å². The van der Waals surface area contributed by atoms with Crippen molar-refractivity contribution in [2.24, 2.45) is 5.16 Å². The summed E-state index contributed by atoms with van der Waals surface area (Å²) in [5, 5.41) is 19.5. The van der Waals surface area contributed by atoms with E-state index in [1.54, 1.807) is 0 Å². The van der Waals surface area contributed by atoms with Crippen LogP contribution in [0.2, 0.25) is 0 Å². The quantitative estimate of drug-likeness (QED) is 0.253. The molecule has 0 radical (unpaired) electrons. The summed E-state index contributed by atoms with van der Waals surface area (Å²) in [7, 11) is 0. The van der Waals surface area contributed by atoms with Gasteiger partial charge in [0.2, 0.25) is 6.61 Å². The number of carboxylic acids is 1. The van der Waals surface area contributed by atoms with Crippen LogP contribution in [0, 0.1) is 0 Å². The summed E-state index contributed by atoms with van der Waals surface area (Å²) in [4.78, 5) is 43.6. The minimum Gasteiger partial charge on any atom is -0.479 e. The smallest absolute Gasteiger partial charge is 0.355 e. The first-order valence-corrected chi connectivity index (χ1v) is 10.0. The molecule has 5 N–H and O–H groups in total. The number of cyclic esters (lactones) is 1. The predicted octanol–water partition coefficient (Wildman–Crippen LogP) is -0.491. The number of nitrogens with zero attached hydrogens (tertiary/aromatic N) is 2. The summed E-state index contributed by atoms with van der Waals surface area (Å²) < 4.78 is 5.17. The van der Waals surface area contributed by atoms with Gasteiger partial charge in [-0.2, -0.15) is 0 Å². The molecule has 2 aliphatic heterocycles. The third kappa shape index (κ3) is 4.54. The Bertz CT molecular complexity index is 867. The lowest BCUT2D eigenvalue weighted by atomic mass is 10.1. The number of carbonyl (C=O) groups excluding carboxylic acids is 2. The highest BCUT2D eigenvalue weighted by molar-refractivity contribution is 8.00. The topological polar surface area (TPSA) is 165 Å². The van der Waals surface area contributed by atoms with Gasteiger partial charge < -0.3 is 31.0 Å². The number of oxime groups is 1. The number of aliphatic carboxylic acids is 1. The van der Waals surface area contributed by atoms with Gasteiger partial charge in [-0.25, -0.2) is 14.6 Å². The van der Waals surface area contributed by atoms with Crippen LogP contribution in [-0.2, 0) is 24.0 Å². The molecule has 0 bridgehead atoms. The van der Waals surface area contributed by atoms with Gasteiger partial charge in [0, 0.05) is 23.3 Å². The Balaban J connectivity index is 1.63. The van der Waals surface area contributed by atoms with Crippen LogP contribution in [0.15, 0.2) is 21.8 Å². The van der Waals surface area contributed by atoms with Crippen LogP contribution in [0.5, 0.6) is 0 Å². The second kappa shape index (κ2) is 8.48. The normalized spacial score (nSPS) is 21.6. The number of thiazole rings is 1. The summed E-state index contributed by atoms with van der Waals surface area (Å²) >= 11 is 2.63. The highest BCUT2D eigenvalue weighted by Gasteiger charge is 2.36. The van der Waals surface area contributed by atoms with Crippen LogP contribution >= 0.6 is 23.1 Å².